The average Bonchev–Trinajstić information content (AvgIpc) is 3.00. The number of nitrogens with zero attached hydrogens (tertiary/aromatic N) is 2. The number of carboxylic acids is 1. The van der Waals surface area contributed by atoms with Crippen LogP contribution in [0.1, 0.15) is 15.9 Å². The largest absolute Gasteiger partial charge is 0.482 e. The van der Waals surface area contributed by atoms with E-state index in [0.717, 1.165) is 5.56 Å². The van der Waals surface area contributed by atoms with Gasteiger partial charge in [0.05, 0.1) is 23.3 Å². The Morgan fingerprint density at radius 2 is 1.97 bits per heavy atom. The molecule has 0 bridgehead atoms. The molecule has 0 aromatic heterocycles. The standard InChI is InChI=1S/C21H18N2O6S/c1-23-19(25)17(10-13-5-3-8-16(9-13)29-12-18(24)28-2)30-21(23)22-15-7-4-6-14(11-15)20(26)27/h3-11H,12H2,1-2H3,(H,26,27)/b17-10+,22-21?. The maximum absolute atomic E-state index is 12.6. The quantitative estimate of drug-likeness (QED) is 0.559. The van der Waals surface area contributed by atoms with E-state index in [1.165, 1.54) is 35.9 Å². The van der Waals surface area contributed by atoms with Gasteiger partial charge in [-0.3, -0.25) is 9.69 Å². The number of likely N-dealkylation sites (N-methyl/N-ethyl adjacent to an activating group) is 1. The van der Waals surface area contributed by atoms with Gasteiger partial charge in [-0.05, 0) is 53.7 Å². The highest BCUT2D eigenvalue weighted by Crippen LogP contribution is 2.33. The second-order valence-electron chi connectivity index (χ2n) is 6.16. The molecular formula is C21H18N2O6S. The Hall–Kier alpha value is -3.59. The number of carboxylic acid groups (broad SMARTS) is 1. The van der Waals surface area contributed by atoms with Gasteiger partial charge in [-0.2, -0.15) is 0 Å². The van der Waals surface area contributed by atoms with Crippen LogP contribution in [0.5, 0.6) is 5.75 Å². The minimum absolute atomic E-state index is 0.119. The molecule has 1 N–H and O–H groups in total. The number of carbonyl (C=O) groups is 3. The molecule has 154 valence electrons. The molecule has 2 aromatic carbocycles. The fourth-order valence-corrected chi connectivity index (χ4v) is 3.50. The number of aliphatic imine (C=N–C) groups is 1. The highest BCUT2D eigenvalue weighted by Gasteiger charge is 2.30. The highest BCUT2D eigenvalue weighted by molar-refractivity contribution is 8.18. The molecular weight excluding hydrogens is 408 g/mol. The predicted molar refractivity (Wildman–Crippen MR) is 113 cm³/mol. The van der Waals surface area contributed by atoms with Crippen molar-refractivity contribution in [2.24, 2.45) is 4.99 Å². The summed E-state index contributed by atoms with van der Waals surface area (Å²) in [4.78, 5) is 41.2. The van der Waals surface area contributed by atoms with Crippen LogP contribution in [-0.4, -0.2) is 53.8 Å². The Labute approximate surface area is 176 Å². The van der Waals surface area contributed by atoms with E-state index in [1.54, 1.807) is 49.5 Å². The van der Waals surface area contributed by atoms with Crippen LogP contribution in [0.4, 0.5) is 5.69 Å². The summed E-state index contributed by atoms with van der Waals surface area (Å²) in [6, 6.07) is 13.1. The molecule has 0 saturated carbocycles. The lowest BCUT2D eigenvalue weighted by atomic mass is 10.2. The number of esters is 1. The van der Waals surface area contributed by atoms with E-state index in [9.17, 15) is 14.4 Å². The number of benzene rings is 2. The number of carbonyl (C=O) groups excluding carboxylic acids is 2. The van der Waals surface area contributed by atoms with Crippen molar-refractivity contribution in [2.45, 2.75) is 0 Å². The molecule has 9 heteroatoms. The second kappa shape index (κ2) is 9.27. The van der Waals surface area contributed by atoms with Gasteiger partial charge in [-0.15, -0.1) is 0 Å². The molecule has 0 aliphatic carbocycles. The van der Waals surface area contributed by atoms with Crippen LogP contribution in [0.25, 0.3) is 6.08 Å². The summed E-state index contributed by atoms with van der Waals surface area (Å²) in [6.07, 6.45) is 1.70. The van der Waals surface area contributed by atoms with Gasteiger partial charge in [0.1, 0.15) is 5.75 Å². The number of hydrogen-bond acceptors (Lipinski definition) is 7. The van der Waals surface area contributed by atoms with Crippen molar-refractivity contribution >= 4 is 46.5 Å². The molecule has 0 radical (unpaired) electrons. The van der Waals surface area contributed by atoms with Crippen molar-refractivity contribution in [1.82, 2.24) is 4.90 Å². The molecule has 0 atom stereocenters. The molecule has 1 aliphatic rings. The summed E-state index contributed by atoms with van der Waals surface area (Å²) in [6.45, 7) is -0.209. The Morgan fingerprint density at radius 1 is 1.20 bits per heavy atom. The minimum atomic E-state index is -1.05. The molecule has 1 amide bonds. The third kappa shape index (κ3) is 5.06. The molecule has 2 aromatic rings. The number of amidine groups is 1. The molecule has 3 rings (SSSR count). The summed E-state index contributed by atoms with van der Waals surface area (Å²) in [5.74, 6) is -1.29. The molecule has 8 nitrogen and oxygen atoms in total. The van der Waals surface area contributed by atoms with E-state index in [1.807, 2.05) is 0 Å². The lowest BCUT2D eigenvalue weighted by Gasteiger charge is -2.07. The Balaban J connectivity index is 1.80. The fourth-order valence-electron chi connectivity index (χ4n) is 2.52. The van der Waals surface area contributed by atoms with Gasteiger partial charge >= 0.3 is 11.9 Å². The van der Waals surface area contributed by atoms with Crippen molar-refractivity contribution in [3.8, 4) is 5.75 Å². The van der Waals surface area contributed by atoms with Gasteiger partial charge < -0.3 is 14.6 Å². The van der Waals surface area contributed by atoms with E-state index in [4.69, 9.17) is 9.84 Å². The zero-order chi connectivity index (χ0) is 21.7. The Morgan fingerprint density at radius 3 is 2.70 bits per heavy atom. The van der Waals surface area contributed by atoms with Crippen LogP contribution in [0.2, 0.25) is 0 Å². The van der Waals surface area contributed by atoms with Crippen molar-refractivity contribution in [3.63, 3.8) is 0 Å². The zero-order valence-electron chi connectivity index (χ0n) is 16.2. The molecule has 0 spiro atoms. The van der Waals surface area contributed by atoms with Gasteiger partial charge in [0.2, 0.25) is 0 Å². The normalized spacial score (nSPS) is 16.2. The van der Waals surface area contributed by atoms with Crippen molar-refractivity contribution in [1.29, 1.82) is 0 Å². The van der Waals surface area contributed by atoms with Crippen LogP contribution in [0.3, 0.4) is 0 Å². The van der Waals surface area contributed by atoms with Gasteiger partial charge in [0.15, 0.2) is 11.8 Å². The summed E-state index contributed by atoms with van der Waals surface area (Å²) >= 11 is 1.18. The van der Waals surface area contributed by atoms with Crippen LogP contribution in [-0.2, 0) is 14.3 Å². The maximum atomic E-state index is 12.6. The smallest absolute Gasteiger partial charge is 0.343 e. The van der Waals surface area contributed by atoms with E-state index < -0.39 is 11.9 Å². The third-order valence-electron chi connectivity index (χ3n) is 4.06. The second-order valence-corrected chi connectivity index (χ2v) is 7.17. The van der Waals surface area contributed by atoms with E-state index in [0.29, 0.717) is 21.5 Å². The lowest BCUT2D eigenvalue weighted by molar-refractivity contribution is -0.142. The van der Waals surface area contributed by atoms with E-state index in [-0.39, 0.29) is 18.1 Å². The molecule has 0 unspecified atom stereocenters. The SMILES string of the molecule is COC(=O)COc1cccc(/C=C2/SC(=Nc3cccc(C(=O)O)c3)N(C)C2=O)c1. The van der Waals surface area contributed by atoms with Crippen LogP contribution < -0.4 is 4.74 Å². The fraction of sp³-hybridized carbons (Fsp3) is 0.143. The lowest BCUT2D eigenvalue weighted by Crippen LogP contribution is -2.23. The third-order valence-corrected chi connectivity index (χ3v) is 5.12. The van der Waals surface area contributed by atoms with Crippen LogP contribution >= 0.6 is 11.8 Å². The number of ether oxygens (including phenoxy) is 2. The highest BCUT2D eigenvalue weighted by atomic mass is 32.2. The first kappa shape index (κ1) is 21.1. The average molecular weight is 426 g/mol. The monoisotopic (exact) mass is 426 g/mol. The summed E-state index contributed by atoms with van der Waals surface area (Å²) in [7, 11) is 2.88. The number of aromatic carboxylic acids is 1. The Bertz CT molecular complexity index is 1060. The van der Waals surface area contributed by atoms with E-state index in [2.05, 4.69) is 9.73 Å². The van der Waals surface area contributed by atoms with Crippen molar-refractivity contribution in [3.05, 3.63) is 64.6 Å². The van der Waals surface area contributed by atoms with Gasteiger partial charge in [-0.1, -0.05) is 18.2 Å². The molecule has 1 heterocycles. The zero-order valence-corrected chi connectivity index (χ0v) is 17.0. The summed E-state index contributed by atoms with van der Waals surface area (Å²) < 4.78 is 9.91. The maximum Gasteiger partial charge on any atom is 0.343 e. The van der Waals surface area contributed by atoms with Gasteiger partial charge in [-0.25, -0.2) is 14.6 Å². The number of methoxy groups -OCH3 is 1. The number of thioether (sulfide) groups is 1. The first-order valence-electron chi connectivity index (χ1n) is 8.76. The first-order valence-corrected chi connectivity index (χ1v) is 9.58. The summed E-state index contributed by atoms with van der Waals surface area (Å²) in [5.41, 5.74) is 1.28. The van der Waals surface area contributed by atoms with E-state index >= 15 is 0 Å². The molecule has 1 fully saturated rings. The molecule has 30 heavy (non-hydrogen) atoms. The van der Waals surface area contributed by atoms with Crippen molar-refractivity contribution in [2.75, 3.05) is 20.8 Å². The minimum Gasteiger partial charge on any atom is -0.482 e. The first-order chi connectivity index (χ1) is 14.4. The molecule has 1 saturated heterocycles. The Kier molecular flexibility index (Phi) is 6.53. The number of amides is 1. The van der Waals surface area contributed by atoms with Crippen LogP contribution in [0.15, 0.2) is 58.4 Å². The number of rotatable bonds is 6. The van der Waals surface area contributed by atoms with Crippen molar-refractivity contribution < 1.29 is 29.0 Å². The molecule has 1 aliphatic heterocycles. The number of hydrogen-bond donors (Lipinski definition) is 1. The summed E-state index contributed by atoms with van der Waals surface area (Å²) in [5, 5.41) is 9.55. The topological polar surface area (TPSA) is 106 Å². The van der Waals surface area contributed by atoms with Gasteiger partial charge in [0, 0.05) is 7.05 Å². The van der Waals surface area contributed by atoms with Crippen LogP contribution in [0, 0.1) is 0 Å². The predicted octanol–water partition coefficient (Wildman–Crippen LogP) is 3.17. The van der Waals surface area contributed by atoms with Gasteiger partial charge in [0.25, 0.3) is 5.91 Å².